The van der Waals surface area contributed by atoms with Crippen molar-refractivity contribution in [1.29, 1.82) is 0 Å². The van der Waals surface area contributed by atoms with Crippen LogP contribution < -0.4 is 10.2 Å². The summed E-state index contributed by atoms with van der Waals surface area (Å²) in [6.07, 6.45) is 4.34. The minimum absolute atomic E-state index is 1.06. The highest BCUT2D eigenvalue weighted by Crippen LogP contribution is 2.44. The first-order valence-electron chi connectivity index (χ1n) is 22.7. The van der Waals surface area contributed by atoms with Crippen LogP contribution in [0.4, 0.5) is 28.4 Å². The second kappa shape index (κ2) is 16.8. The Morgan fingerprint density at radius 1 is 0.303 bits per heavy atom. The van der Waals surface area contributed by atoms with Crippen molar-refractivity contribution in [2.24, 2.45) is 0 Å². The molecule has 0 aromatic heterocycles. The van der Waals surface area contributed by atoms with Crippen molar-refractivity contribution in [3.63, 3.8) is 0 Å². The zero-order valence-electron chi connectivity index (χ0n) is 36.3. The summed E-state index contributed by atoms with van der Waals surface area (Å²) in [4.78, 5) is 2.39. The van der Waals surface area contributed by atoms with Gasteiger partial charge in [-0.05, 0) is 137 Å². The van der Waals surface area contributed by atoms with E-state index < -0.39 is 0 Å². The Kier molecular flexibility index (Phi) is 9.89. The van der Waals surface area contributed by atoms with Crippen LogP contribution in [0, 0.1) is 0 Å². The molecule has 0 saturated carbocycles. The Hall–Kier alpha value is -8.72. The average molecular weight is 841 g/mol. The Morgan fingerprint density at radius 3 is 1.35 bits per heavy atom. The molecule has 0 aliphatic carbocycles. The second-order valence-electron chi connectivity index (χ2n) is 17.0. The maximum atomic E-state index is 3.68. The van der Waals surface area contributed by atoms with Gasteiger partial charge in [-0.3, -0.25) is 0 Å². The molecule has 12 aromatic carbocycles. The zero-order valence-corrected chi connectivity index (χ0v) is 36.3. The molecule has 0 aliphatic rings. The molecular formula is C64H44N2. The summed E-state index contributed by atoms with van der Waals surface area (Å²) >= 11 is 0. The van der Waals surface area contributed by atoms with Crippen LogP contribution in [0.5, 0.6) is 0 Å². The van der Waals surface area contributed by atoms with Gasteiger partial charge in [-0.25, -0.2) is 0 Å². The van der Waals surface area contributed by atoms with Gasteiger partial charge in [0.15, 0.2) is 0 Å². The Balaban J connectivity index is 0.930. The van der Waals surface area contributed by atoms with E-state index in [-0.39, 0.29) is 0 Å². The molecule has 1 N–H and O–H groups in total. The minimum atomic E-state index is 1.06. The third-order valence-electron chi connectivity index (χ3n) is 13.0. The van der Waals surface area contributed by atoms with Crippen LogP contribution in [0.25, 0.3) is 88.3 Å². The van der Waals surface area contributed by atoms with Crippen LogP contribution in [0.1, 0.15) is 11.1 Å². The van der Waals surface area contributed by atoms with Gasteiger partial charge in [0, 0.05) is 33.5 Å². The topological polar surface area (TPSA) is 15.3 Å². The van der Waals surface area contributed by atoms with Crippen molar-refractivity contribution in [3.05, 3.63) is 260 Å². The van der Waals surface area contributed by atoms with Crippen LogP contribution in [-0.2, 0) is 0 Å². The van der Waals surface area contributed by atoms with E-state index in [1.165, 1.54) is 81.7 Å². The molecule has 0 bridgehead atoms. The molecule has 12 rings (SSSR count). The van der Waals surface area contributed by atoms with Crippen molar-refractivity contribution >= 4 is 94.5 Å². The van der Waals surface area contributed by atoms with Crippen LogP contribution in [0.3, 0.4) is 0 Å². The number of fused-ring (bicyclic) bond motifs is 7. The molecule has 0 unspecified atom stereocenters. The van der Waals surface area contributed by atoms with Crippen molar-refractivity contribution in [2.45, 2.75) is 0 Å². The van der Waals surface area contributed by atoms with Gasteiger partial charge >= 0.3 is 0 Å². The molecule has 0 saturated heterocycles. The third-order valence-corrected chi connectivity index (χ3v) is 13.0. The van der Waals surface area contributed by atoms with E-state index in [0.29, 0.717) is 0 Å². The van der Waals surface area contributed by atoms with E-state index >= 15 is 0 Å². The molecular weight excluding hydrogens is 797 g/mol. The van der Waals surface area contributed by atoms with Crippen molar-refractivity contribution in [3.8, 4) is 22.3 Å². The van der Waals surface area contributed by atoms with E-state index in [1.54, 1.807) is 0 Å². The van der Waals surface area contributed by atoms with Crippen molar-refractivity contribution in [2.75, 3.05) is 10.2 Å². The summed E-state index contributed by atoms with van der Waals surface area (Å²) in [6, 6.07) is 90.1. The van der Waals surface area contributed by atoms with E-state index in [1.807, 2.05) is 0 Å². The summed E-state index contributed by atoms with van der Waals surface area (Å²) in [6.45, 7) is 0. The molecule has 0 atom stereocenters. The number of rotatable bonds is 9. The first kappa shape index (κ1) is 38.9. The standard InChI is InChI=1S/C64H44N2/c1-2-14-44(15-3-1)28-29-45-30-38-51(39-31-45)66(64-27-13-19-47-17-5-7-21-54(47)64)52-40-34-49(35-41-52)60-43-62-57-24-10-8-22-55(57)59(42-61(62)58-25-11-9-23-56(58)60)48-32-36-50(37-33-48)65-63-26-12-18-46-16-4-6-20-53(46)63/h1-43,65H. The predicted molar refractivity (Wildman–Crippen MR) is 285 cm³/mol. The molecule has 0 radical (unpaired) electrons. The monoisotopic (exact) mass is 840 g/mol. The zero-order chi connectivity index (χ0) is 43.8. The number of hydrogen-bond acceptors (Lipinski definition) is 2. The fraction of sp³-hybridized carbons (Fsp3) is 0. The van der Waals surface area contributed by atoms with Crippen LogP contribution in [0.15, 0.2) is 249 Å². The predicted octanol–water partition coefficient (Wildman–Crippen LogP) is 18.2. The summed E-state index contributed by atoms with van der Waals surface area (Å²) in [7, 11) is 0. The summed E-state index contributed by atoms with van der Waals surface area (Å²) < 4.78 is 0. The van der Waals surface area contributed by atoms with Crippen molar-refractivity contribution < 1.29 is 0 Å². The molecule has 0 spiro atoms. The lowest BCUT2D eigenvalue weighted by Gasteiger charge is -2.27. The maximum absolute atomic E-state index is 3.68. The highest BCUT2D eigenvalue weighted by Gasteiger charge is 2.18. The molecule has 12 aromatic rings. The third kappa shape index (κ3) is 7.21. The number of benzene rings is 12. The number of nitrogens with one attached hydrogen (secondary N) is 1. The Bertz CT molecular complexity index is 3750. The van der Waals surface area contributed by atoms with Gasteiger partial charge in [0.25, 0.3) is 0 Å². The summed E-state index contributed by atoms with van der Waals surface area (Å²) in [5, 5.41) is 16.0. The van der Waals surface area contributed by atoms with Crippen LogP contribution >= 0.6 is 0 Å². The van der Waals surface area contributed by atoms with Gasteiger partial charge in [-0.2, -0.15) is 0 Å². The maximum Gasteiger partial charge on any atom is 0.0540 e. The molecule has 0 fully saturated rings. The normalized spacial score (nSPS) is 11.6. The van der Waals surface area contributed by atoms with E-state index in [0.717, 1.165) is 34.0 Å². The van der Waals surface area contributed by atoms with Gasteiger partial charge < -0.3 is 10.2 Å². The van der Waals surface area contributed by atoms with E-state index in [4.69, 9.17) is 0 Å². The lowest BCUT2D eigenvalue weighted by atomic mass is 9.87. The number of hydrogen-bond donors (Lipinski definition) is 1. The number of nitrogens with zero attached hydrogens (tertiary/aromatic N) is 1. The molecule has 310 valence electrons. The van der Waals surface area contributed by atoms with Gasteiger partial charge in [0.1, 0.15) is 0 Å². The Morgan fingerprint density at radius 2 is 0.742 bits per heavy atom. The molecule has 0 aliphatic heterocycles. The first-order chi connectivity index (χ1) is 32.7. The van der Waals surface area contributed by atoms with Crippen molar-refractivity contribution in [1.82, 2.24) is 0 Å². The molecule has 66 heavy (non-hydrogen) atoms. The molecule has 2 nitrogen and oxygen atoms in total. The van der Waals surface area contributed by atoms with Crippen LogP contribution in [-0.4, -0.2) is 0 Å². The van der Waals surface area contributed by atoms with Gasteiger partial charge in [0.05, 0.1) is 5.69 Å². The lowest BCUT2D eigenvalue weighted by Crippen LogP contribution is -2.10. The largest absolute Gasteiger partial charge is 0.355 e. The molecule has 0 heterocycles. The van der Waals surface area contributed by atoms with E-state index in [2.05, 4.69) is 271 Å². The second-order valence-corrected chi connectivity index (χ2v) is 17.0. The minimum Gasteiger partial charge on any atom is -0.355 e. The first-order valence-corrected chi connectivity index (χ1v) is 22.7. The van der Waals surface area contributed by atoms with Gasteiger partial charge in [-0.1, -0.05) is 200 Å². The number of anilines is 5. The van der Waals surface area contributed by atoms with Crippen LogP contribution in [0.2, 0.25) is 0 Å². The molecule has 2 heteroatoms. The Labute approximate surface area is 385 Å². The summed E-state index contributed by atoms with van der Waals surface area (Å²) in [5.74, 6) is 0. The SMILES string of the molecule is C(=Cc1ccc(N(c2ccc(-c3cc4c5ccccc5c(-c5ccc(Nc6cccc7ccccc67)cc5)cc4c4ccccc34)cc2)c2cccc3ccccc23)cc1)c1ccccc1. The highest BCUT2D eigenvalue weighted by molar-refractivity contribution is 6.24. The quantitative estimate of drug-likeness (QED) is 0.115. The summed E-state index contributed by atoms with van der Waals surface area (Å²) in [5.41, 5.74) is 12.7. The fourth-order valence-corrected chi connectivity index (χ4v) is 9.76. The lowest BCUT2D eigenvalue weighted by molar-refractivity contribution is 1.30. The average Bonchev–Trinajstić information content (AvgIpc) is 3.39. The van der Waals surface area contributed by atoms with Gasteiger partial charge in [0.2, 0.25) is 0 Å². The molecule has 0 amide bonds. The van der Waals surface area contributed by atoms with Gasteiger partial charge in [-0.15, -0.1) is 0 Å². The smallest absolute Gasteiger partial charge is 0.0540 e. The fourth-order valence-electron chi connectivity index (χ4n) is 9.76. The highest BCUT2D eigenvalue weighted by atomic mass is 15.1. The van der Waals surface area contributed by atoms with E-state index in [9.17, 15) is 0 Å².